The van der Waals surface area contributed by atoms with Gasteiger partial charge in [0.05, 0.1) is 12.7 Å². The zero-order chi connectivity index (χ0) is 12.0. The Morgan fingerprint density at radius 1 is 1.62 bits per heavy atom. The van der Waals surface area contributed by atoms with E-state index in [0.29, 0.717) is 23.7 Å². The topological polar surface area (TPSA) is 42.5 Å². The summed E-state index contributed by atoms with van der Waals surface area (Å²) >= 11 is 5.20. The summed E-state index contributed by atoms with van der Waals surface area (Å²) in [6.45, 7) is 6.56. The van der Waals surface area contributed by atoms with Gasteiger partial charge < -0.3 is 20.1 Å². The molecule has 94 valence electrons. The minimum absolute atomic E-state index is 0.238. The monoisotopic (exact) mass is 246 g/mol. The third-order valence-corrected chi connectivity index (χ3v) is 3.11. The van der Waals surface area contributed by atoms with Crippen molar-refractivity contribution >= 4 is 17.3 Å². The van der Waals surface area contributed by atoms with E-state index in [0.717, 1.165) is 19.6 Å². The molecule has 0 aliphatic carbocycles. The van der Waals surface area contributed by atoms with Gasteiger partial charge in [0, 0.05) is 32.2 Å². The molecule has 5 heteroatoms. The number of thiocarbonyl (C=S) groups is 1. The Morgan fingerprint density at radius 3 is 2.94 bits per heavy atom. The van der Waals surface area contributed by atoms with Crippen LogP contribution in [0.2, 0.25) is 0 Å². The van der Waals surface area contributed by atoms with Crippen molar-refractivity contribution in [1.82, 2.24) is 10.6 Å². The van der Waals surface area contributed by atoms with Gasteiger partial charge in [0.15, 0.2) is 5.11 Å². The average molecular weight is 246 g/mol. The van der Waals surface area contributed by atoms with Crippen LogP contribution in [0.15, 0.2) is 0 Å². The lowest BCUT2D eigenvalue weighted by Gasteiger charge is -2.19. The van der Waals surface area contributed by atoms with Crippen LogP contribution in [0.4, 0.5) is 0 Å². The first-order chi connectivity index (χ1) is 7.63. The molecule has 1 aliphatic rings. The normalized spacial score (nSPS) is 26.4. The Kier molecular flexibility index (Phi) is 6.01. The molecule has 2 N–H and O–H groups in total. The van der Waals surface area contributed by atoms with E-state index in [2.05, 4.69) is 17.6 Å². The van der Waals surface area contributed by atoms with Gasteiger partial charge in [-0.05, 0) is 32.5 Å². The largest absolute Gasteiger partial charge is 0.383 e. The van der Waals surface area contributed by atoms with Gasteiger partial charge in [0.25, 0.3) is 0 Å². The maximum absolute atomic E-state index is 5.49. The molecule has 1 saturated heterocycles. The van der Waals surface area contributed by atoms with Crippen molar-refractivity contribution in [1.29, 1.82) is 0 Å². The molecule has 0 aromatic heterocycles. The summed E-state index contributed by atoms with van der Waals surface area (Å²) in [5.41, 5.74) is 0. The molecule has 0 bridgehead atoms. The zero-order valence-corrected chi connectivity index (χ0v) is 11.1. The van der Waals surface area contributed by atoms with Crippen LogP contribution in [0.1, 0.15) is 20.3 Å². The third kappa shape index (κ3) is 4.63. The second kappa shape index (κ2) is 7.04. The molecular weight excluding hydrogens is 224 g/mol. The van der Waals surface area contributed by atoms with E-state index in [1.54, 1.807) is 7.11 Å². The summed E-state index contributed by atoms with van der Waals surface area (Å²) in [6.07, 6.45) is 1.46. The van der Waals surface area contributed by atoms with Gasteiger partial charge in [0.1, 0.15) is 0 Å². The van der Waals surface area contributed by atoms with Crippen LogP contribution in [0, 0.1) is 5.92 Å². The van der Waals surface area contributed by atoms with Gasteiger partial charge in [0.2, 0.25) is 0 Å². The van der Waals surface area contributed by atoms with Crippen LogP contribution >= 0.6 is 12.2 Å². The standard InChI is InChI=1S/C11H22N2O2S/c1-8(7-14-3)13-11(16)12-6-10-4-5-15-9(10)2/h8-10H,4-7H2,1-3H3,(H2,12,13,16). The van der Waals surface area contributed by atoms with Gasteiger partial charge in [-0.1, -0.05) is 0 Å². The van der Waals surface area contributed by atoms with Crippen molar-refractivity contribution in [3.05, 3.63) is 0 Å². The highest BCUT2D eigenvalue weighted by Crippen LogP contribution is 2.19. The molecule has 0 radical (unpaired) electrons. The first-order valence-corrected chi connectivity index (χ1v) is 6.19. The molecule has 1 aliphatic heterocycles. The smallest absolute Gasteiger partial charge is 0.166 e. The predicted molar refractivity (Wildman–Crippen MR) is 68.6 cm³/mol. The van der Waals surface area contributed by atoms with Crippen LogP contribution in [0.25, 0.3) is 0 Å². The fraction of sp³-hybridized carbons (Fsp3) is 0.909. The van der Waals surface area contributed by atoms with Crippen molar-refractivity contribution in [2.24, 2.45) is 5.92 Å². The van der Waals surface area contributed by atoms with E-state index in [4.69, 9.17) is 21.7 Å². The molecule has 0 spiro atoms. The summed E-state index contributed by atoms with van der Waals surface area (Å²) in [5, 5.41) is 7.10. The Morgan fingerprint density at radius 2 is 2.38 bits per heavy atom. The molecule has 0 amide bonds. The number of rotatable bonds is 5. The second-order valence-electron chi connectivity index (χ2n) is 4.34. The fourth-order valence-corrected chi connectivity index (χ4v) is 2.12. The van der Waals surface area contributed by atoms with Crippen molar-refractivity contribution in [2.45, 2.75) is 32.4 Å². The van der Waals surface area contributed by atoms with Crippen molar-refractivity contribution in [2.75, 3.05) is 26.9 Å². The van der Waals surface area contributed by atoms with E-state index < -0.39 is 0 Å². The first-order valence-electron chi connectivity index (χ1n) is 5.78. The molecule has 3 unspecified atom stereocenters. The molecule has 16 heavy (non-hydrogen) atoms. The number of methoxy groups -OCH3 is 1. The van der Waals surface area contributed by atoms with E-state index >= 15 is 0 Å². The predicted octanol–water partition coefficient (Wildman–Crippen LogP) is 0.910. The number of hydrogen-bond donors (Lipinski definition) is 2. The molecule has 0 aromatic rings. The van der Waals surface area contributed by atoms with E-state index in [1.165, 1.54) is 0 Å². The lowest BCUT2D eigenvalue weighted by molar-refractivity contribution is 0.106. The van der Waals surface area contributed by atoms with Crippen molar-refractivity contribution in [3.8, 4) is 0 Å². The molecule has 4 nitrogen and oxygen atoms in total. The molecule has 1 heterocycles. The lowest BCUT2D eigenvalue weighted by Crippen LogP contribution is -2.44. The highest BCUT2D eigenvalue weighted by molar-refractivity contribution is 7.80. The van der Waals surface area contributed by atoms with E-state index in [-0.39, 0.29) is 6.04 Å². The van der Waals surface area contributed by atoms with Gasteiger partial charge in [-0.2, -0.15) is 0 Å². The molecule has 3 atom stereocenters. The number of ether oxygens (including phenoxy) is 2. The maximum atomic E-state index is 5.49. The SMILES string of the molecule is COCC(C)NC(=S)NCC1CCOC1C. The highest BCUT2D eigenvalue weighted by atomic mass is 32.1. The second-order valence-corrected chi connectivity index (χ2v) is 4.74. The Hall–Kier alpha value is -0.390. The van der Waals surface area contributed by atoms with Crippen LogP contribution in [-0.4, -0.2) is 44.1 Å². The van der Waals surface area contributed by atoms with Crippen molar-refractivity contribution in [3.63, 3.8) is 0 Å². The number of nitrogens with one attached hydrogen (secondary N) is 2. The third-order valence-electron chi connectivity index (χ3n) is 2.85. The fourth-order valence-electron chi connectivity index (χ4n) is 1.83. The van der Waals surface area contributed by atoms with Gasteiger partial charge in [-0.3, -0.25) is 0 Å². The summed E-state index contributed by atoms with van der Waals surface area (Å²) in [5.74, 6) is 0.567. The molecule has 1 rings (SSSR count). The van der Waals surface area contributed by atoms with Crippen LogP contribution in [-0.2, 0) is 9.47 Å². The van der Waals surface area contributed by atoms with Gasteiger partial charge >= 0.3 is 0 Å². The average Bonchev–Trinajstić information content (AvgIpc) is 2.61. The van der Waals surface area contributed by atoms with Crippen LogP contribution < -0.4 is 10.6 Å². The molecule has 0 aromatic carbocycles. The summed E-state index contributed by atoms with van der Waals surface area (Å²) < 4.78 is 10.5. The minimum Gasteiger partial charge on any atom is -0.383 e. The summed E-state index contributed by atoms with van der Waals surface area (Å²) in [4.78, 5) is 0. The molecule has 1 fully saturated rings. The van der Waals surface area contributed by atoms with Crippen LogP contribution in [0.3, 0.4) is 0 Å². The van der Waals surface area contributed by atoms with Crippen molar-refractivity contribution < 1.29 is 9.47 Å². The highest BCUT2D eigenvalue weighted by Gasteiger charge is 2.23. The Balaban J connectivity index is 2.14. The maximum Gasteiger partial charge on any atom is 0.166 e. The number of hydrogen-bond acceptors (Lipinski definition) is 3. The quantitative estimate of drug-likeness (QED) is 0.706. The first kappa shape index (κ1) is 13.7. The van der Waals surface area contributed by atoms with Crippen LogP contribution in [0.5, 0.6) is 0 Å². The molecule has 0 saturated carbocycles. The summed E-state index contributed by atoms with van der Waals surface area (Å²) in [7, 11) is 1.69. The summed E-state index contributed by atoms with van der Waals surface area (Å²) in [6, 6.07) is 0.238. The minimum atomic E-state index is 0.238. The van der Waals surface area contributed by atoms with Gasteiger partial charge in [-0.15, -0.1) is 0 Å². The Bertz CT molecular complexity index is 226. The Labute approximate surface area is 103 Å². The van der Waals surface area contributed by atoms with E-state index in [9.17, 15) is 0 Å². The van der Waals surface area contributed by atoms with Gasteiger partial charge in [-0.25, -0.2) is 0 Å². The van der Waals surface area contributed by atoms with E-state index in [1.807, 2.05) is 6.92 Å². The lowest BCUT2D eigenvalue weighted by atomic mass is 10.0. The molecular formula is C11H22N2O2S. The zero-order valence-electron chi connectivity index (χ0n) is 10.3.